The monoisotopic (exact) mass is 349 g/mol. The molecule has 130 valence electrons. The average Bonchev–Trinajstić information content (AvgIpc) is 3.16. The summed E-state index contributed by atoms with van der Waals surface area (Å²) in [5.41, 5.74) is 4.16. The Morgan fingerprint density at radius 2 is 2.04 bits per heavy atom. The molecule has 26 heavy (non-hydrogen) atoms. The van der Waals surface area contributed by atoms with Gasteiger partial charge in [-0.15, -0.1) is 0 Å². The Labute approximate surface area is 149 Å². The number of furan rings is 1. The molecular weight excluding hydrogens is 333 g/mol. The van der Waals surface area contributed by atoms with Crippen molar-refractivity contribution in [2.45, 2.75) is 12.8 Å². The van der Waals surface area contributed by atoms with Crippen LogP contribution in [0.15, 0.2) is 59.7 Å². The summed E-state index contributed by atoms with van der Waals surface area (Å²) >= 11 is 0. The standard InChI is InChI=1S/C19H16FN5O/c1-12(14-4-6-21-15-5-7-26-19(14)15)9-23-18-8-16(24-11-25-18)13-2-3-17(20)22-10-13/h2-8,10-12H,9H2,1H3,(H,23,24,25)/t12-/m1/s1. The number of nitrogens with one attached hydrogen (secondary N) is 1. The Morgan fingerprint density at radius 3 is 2.88 bits per heavy atom. The van der Waals surface area contributed by atoms with Gasteiger partial charge in [-0.1, -0.05) is 6.92 Å². The molecule has 0 aliphatic carbocycles. The van der Waals surface area contributed by atoms with Crippen molar-refractivity contribution >= 4 is 16.9 Å². The molecule has 7 heteroatoms. The van der Waals surface area contributed by atoms with Crippen LogP contribution in [0, 0.1) is 5.95 Å². The molecule has 1 N–H and O–H groups in total. The fourth-order valence-corrected chi connectivity index (χ4v) is 2.79. The van der Waals surface area contributed by atoms with Gasteiger partial charge < -0.3 is 9.73 Å². The van der Waals surface area contributed by atoms with Gasteiger partial charge in [-0.2, -0.15) is 4.39 Å². The molecule has 0 aliphatic heterocycles. The average molecular weight is 349 g/mol. The van der Waals surface area contributed by atoms with Crippen LogP contribution >= 0.6 is 0 Å². The van der Waals surface area contributed by atoms with Crippen LogP contribution in [-0.4, -0.2) is 26.5 Å². The molecular formula is C19H16FN5O. The summed E-state index contributed by atoms with van der Waals surface area (Å²) in [6.07, 6.45) is 6.36. The summed E-state index contributed by atoms with van der Waals surface area (Å²) in [5, 5.41) is 3.31. The number of halogens is 1. The molecule has 4 aromatic rings. The SMILES string of the molecule is C[C@H](CNc1cc(-c2ccc(F)nc2)ncn1)c1ccnc2ccoc12. The van der Waals surface area contributed by atoms with Gasteiger partial charge in [0.2, 0.25) is 5.95 Å². The van der Waals surface area contributed by atoms with Gasteiger partial charge in [-0.25, -0.2) is 15.0 Å². The van der Waals surface area contributed by atoms with Crippen molar-refractivity contribution in [2.75, 3.05) is 11.9 Å². The molecule has 4 heterocycles. The molecule has 0 saturated heterocycles. The Bertz CT molecular complexity index is 1030. The van der Waals surface area contributed by atoms with Gasteiger partial charge in [0, 0.05) is 48.1 Å². The first-order chi connectivity index (χ1) is 12.7. The zero-order valence-electron chi connectivity index (χ0n) is 14.1. The highest BCUT2D eigenvalue weighted by molar-refractivity contribution is 5.76. The lowest BCUT2D eigenvalue weighted by molar-refractivity contribution is 0.584. The number of rotatable bonds is 5. The molecule has 0 bridgehead atoms. The van der Waals surface area contributed by atoms with Gasteiger partial charge in [-0.3, -0.25) is 4.98 Å². The topological polar surface area (TPSA) is 76.7 Å². The van der Waals surface area contributed by atoms with Crippen LogP contribution in [0.5, 0.6) is 0 Å². The molecule has 0 amide bonds. The number of fused-ring (bicyclic) bond motifs is 1. The van der Waals surface area contributed by atoms with E-state index in [0.29, 0.717) is 18.1 Å². The van der Waals surface area contributed by atoms with Crippen molar-refractivity contribution in [3.63, 3.8) is 0 Å². The van der Waals surface area contributed by atoms with Gasteiger partial charge in [0.1, 0.15) is 17.7 Å². The molecule has 4 aromatic heterocycles. The van der Waals surface area contributed by atoms with E-state index in [2.05, 4.69) is 32.2 Å². The zero-order chi connectivity index (χ0) is 17.9. The lowest BCUT2D eigenvalue weighted by Crippen LogP contribution is -2.11. The number of pyridine rings is 2. The molecule has 1 atom stereocenters. The van der Waals surface area contributed by atoms with E-state index < -0.39 is 5.95 Å². The predicted molar refractivity (Wildman–Crippen MR) is 96.1 cm³/mol. The lowest BCUT2D eigenvalue weighted by Gasteiger charge is -2.14. The van der Waals surface area contributed by atoms with E-state index in [1.165, 1.54) is 18.6 Å². The minimum absolute atomic E-state index is 0.192. The highest BCUT2D eigenvalue weighted by atomic mass is 19.1. The van der Waals surface area contributed by atoms with E-state index in [-0.39, 0.29) is 5.92 Å². The summed E-state index contributed by atoms with van der Waals surface area (Å²) in [5.74, 6) is 0.366. The van der Waals surface area contributed by atoms with Gasteiger partial charge >= 0.3 is 0 Å². The van der Waals surface area contributed by atoms with Crippen LogP contribution in [-0.2, 0) is 0 Å². The van der Waals surface area contributed by atoms with E-state index in [1.54, 1.807) is 18.5 Å². The second-order valence-corrected chi connectivity index (χ2v) is 5.98. The molecule has 0 aliphatic rings. The molecule has 0 spiro atoms. The first-order valence-electron chi connectivity index (χ1n) is 8.20. The van der Waals surface area contributed by atoms with Crippen molar-refractivity contribution in [2.24, 2.45) is 0 Å². The maximum Gasteiger partial charge on any atom is 0.212 e. The molecule has 6 nitrogen and oxygen atoms in total. The lowest BCUT2D eigenvalue weighted by atomic mass is 10.0. The summed E-state index contributed by atoms with van der Waals surface area (Å²) < 4.78 is 18.5. The van der Waals surface area contributed by atoms with Crippen molar-refractivity contribution < 1.29 is 8.81 Å². The fourth-order valence-electron chi connectivity index (χ4n) is 2.79. The summed E-state index contributed by atoms with van der Waals surface area (Å²) in [6.45, 7) is 2.77. The highest BCUT2D eigenvalue weighted by Crippen LogP contribution is 2.25. The molecule has 0 radical (unpaired) electrons. The zero-order valence-corrected chi connectivity index (χ0v) is 14.1. The molecule has 0 saturated carbocycles. The van der Waals surface area contributed by atoms with Crippen LogP contribution in [0.2, 0.25) is 0 Å². The third-order valence-electron chi connectivity index (χ3n) is 4.18. The minimum atomic E-state index is -0.517. The summed E-state index contributed by atoms with van der Waals surface area (Å²) in [4.78, 5) is 16.4. The van der Waals surface area contributed by atoms with Crippen LogP contribution in [0.4, 0.5) is 10.2 Å². The molecule has 4 rings (SSSR count). The van der Waals surface area contributed by atoms with Crippen LogP contribution < -0.4 is 5.32 Å². The molecule has 0 aromatic carbocycles. The Morgan fingerprint density at radius 1 is 1.12 bits per heavy atom. The Kier molecular flexibility index (Phi) is 4.27. The molecule has 0 fully saturated rings. The number of hydrogen-bond donors (Lipinski definition) is 1. The molecule has 0 unspecified atom stereocenters. The van der Waals surface area contributed by atoms with Crippen LogP contribution in [0.1, 0.15) is 18.4 Å². The van der Waals surface area contributed by atoms with Crippen LogP contribution in [0.3, 0.4) is 0 Å². The normalized spacial score (nSPS) is 12.2. The van der Waals surface area contributed by atoms with Gasteiger partial charge in [-0.05, 0) is 18.2 Å². The van der Waals surface area contributed by atoms with Crippen molar-refractivity contribution in [3.8, 4) is 11.3 Å². The largest absolute Gasteiger partial charge is 0.462 e. The van der Waals surface area contributed by atoms with Crippen LogP contribution in [0.25, 0.3) is 22.4 Å². The third kappa shape index (κ3) is 3.23. The van der Waals surface area contributed by atoms with E-state index in [0.717, 1.165) is 22.2 Å². The first-order valence-corrected chi connectivity index (χ1v) is 8.20. The second-order valence-electron chi connectivity index (χ2n) is 5.98. The maximum atomic E-state index is 13.0. The summed E-state index contributed by atoms with van der Waals surface area (Å²) in [6, 6.07) is 8.59. The summed E-state index contributed by atoms with van der Waals surface area (Å²) in [7, 11) is 0. The number of anilines is 1. The van der Waals surface area contributed by atoms with Gasteiger partial charge in [0.05, 0.1) is 12.0 Å². The van der Waals surface area contributed by atoms with Crippen molar-refractivity contribution in [3.05, 3.63) is 66.8 Å². The smallest absolute Gasteiger partial charge is 0.212 e. The number of aromatic nitrogens is 4. The first kappa shape index (κ1) is 16.1. The Hall–Kier alpha value is -3.35. The predicted octanol–water partition coefficient (Wildman–Crippen LogP) is 4.03. The maximum absolute atomic E-state index is 13.0. The third-order valence-corrected chi connectivity index (χ3v) is 4.18. The number of nitrogens with zero attached hydrogens (tertiary/aromatic N) is 4. The number of hydrogen-bond acceptors (Lipinski definition) is 6. The quantitative estimate of drug-likeness (QED) is 0.548. The highest BCUT2D eigenvalue weighted by Gasteiger charge is 2.13. The van der Waals surface area contributed by atoms with E-state index in [4.69, 9.17) is 4.42 Å². The Balaban J connectivity index is 1.50. The van der Waals surface area contributed by atoms with Gasteiger partial charge in [0.15, 0.2) is 5.58 Å². The van der Waals surface area contributed by atoms with Crippen molar-refractivity contribution in [1.29, 1.82) is 0 Å². The minimum Gasteiger partial charge on any atom is -0.462 e. The second kappa shape index (κ2) is 6.87. The van der Waals surface area contributed by atoms with Crippen molar-refractivity contribution in [1.82, 2.24) is 19.9 Å². The van der Waals surface area contributed by atoms with E-state index in [9.17, 15) is 4.39 Å². The van der Waals surface area contributed by atoms with E-state index in [1.807, 2.05) is 18.2 Å². The van der Waals surface area contributed by atoms with Gasteiger partial charge in [0.25, 0.3) is 0 Å². The van der Waals surface area contributed by atoms with E-state index >= 15 is 0 Å². The fraction of sp³-hybridized carbons (Fsp3) is 0.158.